The van der Waals surface area contributed by atoms with Gasteiger partial charge in [0.25, 0.3) is 5.95 Å². The molecule has 0 fully saturated rings. The number of esters is 1. The molecule has 0 N–H and O–H groups in total. The van der Waals surface area contributed by atoms with Crippen molar-refractivity contribution in [2.75, 3.05) is 11.6 Å². The normalized spacial score (nSPS) is 13.4. The van der Waals surface area contributed by atoms with E-state index in [1.165, 1.54) is 10.4 Å². The highest BCUT2D eigenvalue weighted by Crippen LogP contribution is 2.38. The van der Waals surface area contributed by atoms with Gasteiger partial charge in [0, 0.05) is 28.4 Å². The fourth-order valence-corrected chi connectivity index (χ4v) is 4.67. The van der Waals surface area contributed by atoms with Gasteiger partial charge in [0.15, 0.2) is 0 Å². The molecule has 162 valence electrons. The van der Waals surface area contributed by atoms with E-state index in [0.29, 0.717) is 12.5 Å². The molecule has 9 heteroatoms. The molecular formula is C22H26N6O2S. The summed E-state index contributed by atoms with van der Waals surface area (Å²) in [6.45, 7) is 12.1. The van der Waals surface area contributed by atoms with E-state index in [1.54, 1.807) is 28.7 Å². The van der Waals surface area contributed by atoms with Crippen molar-refractivity contribution in [3.63, 3.8) is 0 Å². The highest BCUT2D eigenvalue weighted by Gasteiger charge is 2.30. The van der Waals surface area contributed by atoms with Gasteiger partial charge in [-0.2, -0.15) is 5.10 Å². The molecule has 0 aliphatic carbocycles. The number of rotatable bonds is 4. The van der Waals surface area contributed by atoms with Crippen LogP contribution in [-0.2, 0) is 9.53 Å². The molecule has 4 rings (SSSR count). The van der Waals surface area contributed by atoms with Gasteiger partial charge in [0.05, 0.1) is 13.0 Å². The predicted octanol–water partition coefficient (Wildman–Crippen LogP) is 3.95. The molecule has 0 radical (unpaired) electrons. The minimum atomic E-state index is -0.531. The van der Waals surface area contributed by atoms with Crippen molar-refractivity contribution in [3.8, 4) is 5.00 Å². The maximum Gasteiger partial charge on any atom is 0.308 e. The van der Waals surface area contributed by atoms with Crippen LogP contribution in [0.2, 0.25) is 0 Å². The summed E-state index contributed by atoms with van der Waals surface area (Å²) in [5.74, 6) is 1.08. The Morgan fingerprint density at radius 1 is 1.13 bits per heavy atom. The van der Waals surface area contributed by atoms with E-state index in [0.717, 1.165) is 27.7 Å². The number of carbonyl (C=O) groups is 1. The number of carbonyl (C=O) groups excluding carboxylic acids is 1. The molecule has 0 spiro atoms. The maximum atomic E-state index is 12.4. The number of hydrogen-bond acceptors (Lipinski definition) is 8. The molecular weight excluding hydrogens is 412 g/mol. The number of ether oxygens (including phenoxy) is 1. The molecule has 0 atom stereocenters. The average Bonchev–Trinajstić information content (AvgIpc) is 3.17. The van der Waals surface area contributed by atoms with E-state index in [4.69, 9.17) is 9.84 Å². The van der Waals surface area contributed by atoms with Crippen molar-refractivity contribution in [1.29, 1.82) is 0 Å². The Balaban J connectivity index is 1.82. The number of hydrazone groups is 1. The Hall–Kier alpha value is -3.07. The number of thiophene rings is 1. The molecule has 4 heterocycles. The second kappa shape index (κ2) is 7.88. The third-order valence-electron chi connectivity index (χ3n) is 4.97. The zero-order chi connectivity index (χ0) is 22.3. The van der Waals surface area contributed by atoms with Crippen LogP contribution in [0.4, 0.5) is 5.95 Å². The fraction of sp³-hybridized carbons (Fsp3) is 0.409. The first kappa shape index (κ1) is 21.2. The number of fused-ring (bicyclic) bond motifs is 3. The van der Waals surface area contributed by atoms with Crippen molar-refractivity contribution in [2.45, 2.75) is 53.6 Å². The lowest BCUT2D eigenvalue weighted by molar-refractivity contribution is -0.154. The third-order valence-corrected chi connectivity index (χ3v) is 6.16. The Kier molecular flexibility index (Phi) is 5.38. The van der Waals surface area contributed by atoms with E-state index < -0.39 is 5.60 Å². The van der Waals surface area contributed by atoms with Gasteiger partial charge in [0.2, 0.25) is 0 Å². The van der Waals surface area contributed by atoms with Crippen LogP contribution in [0.1, 0.15) is 54.6 Å². The summed E-state index contributed by atoms with van der Waals surface area (Å²) in [5.41, 5.74) is 3.47. The lowest BCUT2D eigenvalue weighted by atomic mass is 10.0. The van der Waals surface area contributed by atoms with E-state index in [2.05, 4.69) is 29.0 Å². The van der Waals surface area contributed by atoms with Gasteiger partial charge in [-0.15, -0.1) is 21.5 Å². The largest absolute Gasteiger partial charge is 0.460 e. The predicted molar refractivity (Wildman–Crippen MR) is 121 cm³/mol. The zero-order valence-corrected chi connectivity index (χ0v) is 19.4. The number of nitrogens with zero attached hydrogens (tertiary/aromatic N) is 6. The Morgan fingerprint density at radius 3 is 2.52 bits per heavy atom. The molecule has 3 aromatic rings. The van der Waals surface area contributed by atoms with Crippen LogP contribution in [0.15, 0.2) is 29.6 Å². The Labute approximate surface area is 185 Å². The van der Waals surface area contributed by atoms with Gasteiger partial charge >= 0.3 is 5.97 Å². The number of aromatic nitrogens is 4. The second-order valence-corrected chi connectivity index (χ2v) is 9.69. The number of hydrogen-bond donors (Lipinski definition) is 0. The lowest BCUT2D eigenvalue weighted by Gasteiger charge is -2.21. The van der Waals surface area contributed by atoms with E-state index >= 15 is 0 Å². The molecule has 0 aromatic carbocycles. The van der Waals surface area contributed by atoms with Gasteiger partial charge in [-0.3, -0.25) is 14.3 Å². The number of anilines is 1. The average molecular weight is 439 g/mol. The highest BCUT2D eigenvalue weighted by molar-refractivity contribution is 7.15. The molecule has 31 heavy (non-hydrogen) atoms. The van der Waals surface area contributed by atoms with Crippen molar-refractivity contribution < 1.29 is 9.53 Å². The van der Waals surface area contributed by atoms with Gasteiger partial charge < -0.3 is 4.74 Å². The van der Waals surface area contributed by atoms with Crippen molar-refractivity contribution in [1.82, 2.24) is 19.7 Å². The maximum absolute atomic E-state index is 12.4. The molecule has 0 saturated heterocycles. The van der Waals surface area contributed by atoms with Crippen LogP contribution < -0.4 is 5.01 Å². The highest BCUT2D eigenvalue weighted by atomic mass is 32.1. The Bertz CT molecular complexity index is 1160. The van der Waals surface area contributed by atoms with Gasteiger partial charge in [-0.1, -0.05) is 0 Å². The minimum Gasteiger partial charge on any atom is -0.460 e. The standard InChI is InChI=1S/C22H26N6O2S/c1-13-14(2)31-20-18(13)19(16-7-10-23-11-8-16)26-27(21-25-24-15(3)28(20)21)12-9-17(29)30-22(4,5)6/h7-8,10-11H,9,12H2,1-6H3. The molecule has 0 unspecified atom stereocenters. The Morgan fingerprint density at radius 2 is 1.84 bits per heavy atom. The summed E-state index contributed by atoms with van der Waals surface area (Å²) in [4.78, 5) is 17.7. The van der Waals surface area contributed by atoms with Crippen LogP contribution in [0.5, 0.6) is 0 Å². The quantitative estimate of drug-likeness (QED) is 0.573. The van der Waals surface area contributed by atoms with Crippen LogP contribution in [0, 0.1) is 20.8 Å². The smallest absolute Gasteiger partial charge is 0.308 e. The summed E-state index contributed by atoms with van der Waals surface area (Å²) in [6.07, 6.45) is 3.70. The van der Waals surface area contributed by atoms with Gasteiger partial charge in [-0.05, 0) is 59.2 Å². The van der Waals surface area contributed by atoms with Crippen LogP contribution >= 0.6 is 11.3 Å². The van der Waals surface area contributed by atoms with Crippen molar-refractivity contribution in [3.05, 3.63) is 51.9 Å². The van der Waals surface area contributed by atoms with E-state index in [-0.39, 0.29) is 12.4 Å². The summed E-state index contributed by atoms with van der Waals surface area (Å²) in [6, 6.07) is 3.89. The first-order valence-corrected chi connectivity index (χ1v) is 11.0. The third kappa shape index (κ3) is 4.10. The molecule has 0 saturated carbocycles. The van der Waals surface area contributed by atoms with E-state index in [1.807, 2.05) is 44.4 Å². The minimum absolute atomic E-state index is 0.183. The second-order valence-electron chi connectivity index (χ2n) is 8.49. The van der Waals surface area contributed by atoms with Crippen LogP contribution in [-0.4, -0.2) is 43.6 Å². The molecule has 0 bridgehead atoms. The summed E-state index contributed by atoms with van der Waals surface area (Å²) < 4.78 is 7.50. The molecule has 8 nitrogen and oxygen atoms in total. The summed E-state index contributed by atoms with van der Waals surface area (Å²) >= 11 is 1.69. The van der Waals surface area contributed by atoms with Crippen molar-refractivity contribution in [2.24, 2.45) is 5.10 Å². The molecule has 3 aromatic heterocycles. The SMILES string of the molecule is Cc1sc2c(c1C)C(c1ccncc1)=NN(CCC(=O)OC(C)(C)C)c1nnc(C)n1-2. The van der Waals surface area contributed by atoms with Gasteiger partial charge in [-0.25, -0.2) is 5.01 Å². The number of pyridine rings is 1. The fourth-order valence-electron chi connectivity index (χ4n) is 3.47. The van der Waals surface area contributed by atoms with E-state index in [9.17, 15) is 4.79 Å². The first-order chi connectivity index (χ1) is 14.7. The zero-order valence-electron chi connectivity index (χ0n) is 18.6. The molecule has 1 aliphatic heterocycles. The van der Waals surface area contributed by atoms with Crippen LogP contribution in [0.25, 0.3) is 5.00 Å². The monoisotopic (exact) mass is 438 g/mol. The number of aryl methyl sites for hydroxylation is 2. The first-order valence-electron chi connectivity index (χ1n) is 10.2. The lowest BCUT2D eigenvalue weighted by Crippen LogP contribution is -2.28. The summed E-state index contributed by atoms with van der Waals surface area (Å²) in [5, 5.41) is 16.4. The summed E-state index contributed by atoms with van der Waals surface area (Å²) in [7, 11) is 0. The molecule has 0 amide bonds. The van der Waals surface area contributed by atoms with Gasteiger partial charge in [0.1, 0.15) is 22.1 Å². The van der Waals surface area contributed by atoms with Crippen LogP contribution in [0.3, 0.4) is 0 Å². The molecule has 1 aliphatic rings. The van der Waals surface area contributed by atoms with Crippen molar-refractivity contribution >= 4 is 29.0 Å². The topological polar surface area (TPSA) is 85.5 Å².